The number of phenols is 1. The minimum absolute atomic E-state index is 0.00730. The molecule has 1 aliphatic rings. The van der Waals surface area contributed by atoms with Gasteiger partial charge in [-0.1, -0.05) is 42.8 Å². The summed E-state index contributed by atoms with van der Waals surface area (Å²) in [5.74, 6) is -0.356. The number of pyridine rings is 1. The Morgan fingerprint density at radius 3 is 2.60 bits per heavy atom. The first-order valence-electron chi connectivity index (χ1n) is 13.8. The van der Waals surface area contributed by atoms with Gasteiger partial charge in [-0.3, -0.25) is 9.59 Å². The number of piperidine rings is 1. The fraction of sp³-hybridized carbons (Fsp3) is 0.212. The Balaban J connectivity index is 1.54. The Hall–Kier alpha value is -5.20. The molecule has 3 aromatic carbocycles. The number of rotatable bonds is 8. The molecule has 1 unspecified atom stereocenters. The summed E-state index contributed by atoms with van der Waals surface area (Å²) in [6.45, 7) is 1.47. The quantitative estimate of drug-likeness (QED) is 0.234. The molecule has 9 heteroatoms. The van der Waals surface area contributed by atoms with Gasteiger partial charge in [-0.05, 0) is 67.4 Å². The first kappa shape index (κ1) is 28.3. The Morgan fingerprint density at radius 2 is 1.83 bits per heavy atom. The number of carbonyl (C=O) groups excluding carboxylic acids is 2. The number of nitrogens with one attached hydrogen (secondary N) is 3. The number of benzene rings is 3. The van der Waals surface area contributed by atoms with Gasteiger partial charge < -0.3 is 25.8 Å². The second-order valence-electron chi connectivity index (χ2n) is 10.00. The van der Waals surface area contributed by atoms with Crippen LogP contribution in [0.25, 0.3) is 22.4 Å². The number of carbonyl (C=O) groups is 2. The number of nitrogens with zero attached hydrogens (tertiary/aromatic N) is 2. The fourth-order valence-electron chi connectivity index (χ4n) is 5.06. The van der Waals surface area contributed by atoms with Gasteiger partial charge in [0, 0.05) is 29.3 Å². The Kier molecular flexibility index (Phi) is 8.75. The van der Waals surface area contributed by atoms with Gasteiger partial charge in [0.15, 0.2) is 5.82 Å². The highest BCUT2D eigenvalue weighted by Crippen LogP contribution is 2.36. The lowest BCUT2D eigenvalue weighted by atomic mass is 9.96. The summed E-state index contributed by atoms with van der Waals surface area (Å²) in [6, 6.07) is 24.5. The molecular weight excluding hydrogens is 530 g/mol. The smallest absolute Gasteiger partial charge is 0.260 e. The van der Waals surface area contributed by atoms with Crippen molar-refractivity contribution in [1.82, 2.24) is 15.6 Å². The maximum absolute atomic E-state index is 13.3. The standard InChI is InChI=1S/C33H31N5O4/c1-42-30-15-5-3-13-25(30)33(41)38-31-27(19-34)26(18-28(37-31)24-12-2-4-14-29(24)39)21-9-8-10-22(17-21)32(40)36-20-23-11-6-7-16-35-23/h2-5,8-10,12-15,17-18,23,35,39H,6-7,11,16,20H2,1H3,(H,36,40)(H,37,38,41). The SMILES string of the molecule is COc1ccccc1C(=O)Nc1nc(-c2ccccc2O)cc(-c2cccc(C(=O)NCC3CCCCN3)c2)c1C#N. The molecular formula is C33H31N5O4. The van der Waals surface area contributed by atoms with Crippen molar-refractivity contribution in [3.8, 4) is 40.0 Å². The van der Waals surface area contributed by atoms with Gasteiger partial charge >= 0.3 is 0 Å². The average Bonchev–Trinajstić information content (AvgIpc) is 3.04. The normalized spacial score (nSPS) is 14.4. The van der Waals surface area contributed by atoms with E-state index in [1.807, 2.05) is 0 Å². The van der Waals surface area contributed by atoms with E-state index in [0.29, 0.717) is 40.2 Å². The van der Waals surface area contributed by atoms with Crippen LogP contribution in [0.5, 0.6) is 11.5 Å². The minimum Gasteiger partial charge on any atom is -0.507 e. The first-order chi connectivity index (χ1) is 20.5. The third kappa shape index (κ3) is 6.24. The van der Waals surface area contributed by atoms with Crippen molar-refractivity contribution in [1.29, 1.82) is 5.26 Å². The molecule has 0 radical (unpaired) electrons. The lowest BCUT2D eigenvalue weighted by molar-refractivity contribution is 0.0947. The number of hydrogen-bond acceptors (Lipinski definition) is 7. The largest absolute Gasteiger partial charge is 0.507 e. The minimum atomic E-state index is -0.513. The van der Waals surface area contributed by atoms with E-state index in [-0.39, 0.29) is 34.6 Å². The molecule has 42 heavy (non-hydrogen) atoms. The molecule has 0 spiro atoms. The van der Waals surface area contributed by atoms with E-state index in [0.717, 1.165) is 25.8 Å². The maximum atomic E-state index is 13.3. The van der Waals surface area contributed by atoms with E-state index in [4.69, 9.17) is 4.74 Å². The average molecular weight is 562 g/mol. The van der Waals surface area contributed by atoms with Crippen LogP contribution in [-0.4, -0.2) is 48.1 Å². The number of ether oxygens (including phenoxy) is 1. The van der Waals surface area contributed by atoms with Gasteiger partial charge in [-0.2, -0.15) is 5.26 Å². The van der Waals surface area contributed by atoms with Crippen LogP contribution in [0.2, 0.25) is 0 Å². The molecule has 9 nitrogen and oxygen atoms in total. The molecule has 1 saturated heterocycles. The van der Waals surface area contributed by atoms with E-state index in [9.17, 15) is 20.0 Å². The number of hydrogen-bond donors (Lipinski definition) is 4. The molecule has 1 fully saturated rings. The number of anilines is 1. The third-order valence-electron chi connectivity index (χ3n) is 7.25. The number of aromatic nitrogens is 1. The van der Waals surface area contributed by atoms with Gasteiger partial charge in [0.2, 0.25) is 0 Å². The highest BCUT2D eigenvalue weighted by atomic mass is 16.5. The summed E-state index contributed by atoms with van der Waals surface area (Å²) in [4.78, 5) is 31.0. The van der Waals surface area contributed by atoms with Crippen LogP contribution in [0.1, 0.15) is 45.5 Å². The van der Waals surface area contributed by atoms with Crippen LogP contribution in [0.3, 0.4) is 0 Å². The topological polar surface area (TPSA) is 136 Å². The number of amides is 2. The van der Waals surface area contributed by atoms with Crippen molar-refractivity contribution in [3.63, 3.8) is 0 Å². The highest BCUT2D eigenvalue weighted by Gasteiger charge is 2.21. The second kappa shape index (κ2) is 13.0. The number of phenolic OH excluding ortho intramolecular Hbond substituents is 1. The van der Waals surface area contributed by atoms with Crippen molar-refractivity contribution in [2.24, 2.45) is 0 Å². The maximum Gasteiger partial charge on any atom is 0.260 e. The van der Waals surface area contributed by atoms with Crippen molar-refractivity contribution in [3.05, 3.63) is 95.6 Å². The van der Waals surface area contributed by atoms with E-state index in [1.165, 1.54) is 13.2 Å². The lowest BCUT2D eigenvalue weighted by Gasteiger charge is -2.23. The predicted molar refractivity (Wildman–Crippen MR) is 160 cm³/mol. The molecule has 2 amide bonds. The molecule has 4 N–H and O–H groups in total. The predicted octanol–water partition coefficient (Wildman–Crippen LogP) is 5.13. The molecule has 2 heterocycles. The summed E-state index contributed by atoms with van der Waals surface area (Å²) >= 11 is 0. The third-order valence-corrected chi connectivity index (χ3v) is 7.25. The lowest BCUT2D eigenvalue weighted by Crippen LogP contribution is -2.43. The van der Waals surface area contributed by atoms with Gasteiger partial charge in [0.25, 0.3) is 11.8 Å². The van der Waals surface area contributed by atoms with Gasteiger partial charge in [-0.15, -0.1) is 0 Å². The summed E-state index contributed by atoms with van der Waals surface area (Å²) in [7, 11) is 1.47. The number of methoxy groups -OCH3 is 1. The monoisotopic (exact) mass is 561 g/mol. The van der Waals surface area contributed by atoms with Gasteiger partial charge in [0.1, 0.15) is 23.1 Å². The Bertz CT molecular complexity index is 1660. The number of para-hydroxylation sites is 2. The summed E-state index contributed by atoms with van der Waals surface area (Å²) in [5, 5.41) is 30.1. The molecule has 212 valence electrons. The molecule has 0 aliphatic carbocycles. The summed E-state index contributed by atoms with van der Waals surface area (Å²) in [5.41, 5.74) is 2.62. The van der Waals surface area contributed by atoms with Gasteiger partial charge in [-0.25, -0.2) is 4.98 Å². The number of nitriles is 1. The molecule has 1 aromatic heterocycles. The van der Waals surface area contributed by atoms with Crippen molar-refractivity contribution in [2.45, 2.75) is 25.3 Å². The van der Waals surface area contributed by atoms with Crippen LogP contribution in [-0.2, 0) is 0 Å². The van der Waals surface area contributed by atoms with E-state index in [2.05, 4.69) is 27.0 Å². The first-order valence-corrected chi connectivity index (χ1v) is 13.8. The van der Waals surface area contributed by atoms with E-state index in [1.54, 1.807) is 72.8 Å². The van der Waals surface area contributed by atoms with E-state index >= 15 is 0 Å². The number of aromatic hydroxyl groups is 1. The molecule has 5 rings (SSSR count). The molecule has 4 aromatic rings. The van der Waals surface area contributed by atoms with Crippen LogP contribution < -0.4 is 20.7 Å². The fourth-order valence-corrected chi connectivity index (χ4v) is 5.06. The second-order valence-corrected chi connectivity index (χ2v) is 10.00. The zero-order valence-corrected chi connectivity index (χ0v) is 23.2. The zero-order chi connectivity index (χ0) is 29.5. The highest BCUT2D eigenvalue weighted by molar-refractivity contribution is 6.07. The van der Waals surface area contributed by atoms with Crippen molar-refractivity contribution in [2.75, 3.05) is 25.5 Å². The van der Waals surface area contributed by atoms with Crippen molar-refractivity contribution < 1.29 is 19.4 Å². The summed E-state index contributed by atoms with van der Waals surface area (Å²) < 4.78 is 5.34. The van der Waals surface area contributed by atoms with Crippen molar-refractivity contribution >= 4 is 17.6 Å². The van der Waals surface area contributed by atoms with Crippen LogP contribution >= 0.6 is 0 Å². The van der Waals surface area contributed by atoms with Crippen LogP contribution in [0, 0.1) is 11.3 Å². The zero-order valence-electron chi connectivity index (χ0n) is 23.2. The van der Waals surface area contributed by atoms with Gasteiger partial charge in [0.05, 0.1) is 18.4 Å². The molecule has 1 atom stereocenters. The molecule has 1 aliphatic heterocycles. The Labute approximate surface area is 244 Å². The van der Waals surface area contributed by atoms with E-state index < -0.39 is 5.91 Å². The van der Waals surface area contributed by atoms with Crippen LogP contribution in [0.15, 0.2) is 78.9 Å². The Morgan fingerprint density at radius 1 is 1.02 bits per heavy atom. The van der Waals surface area contributed by atoms with Crippen LogP contribution in [0.4, 0.5) is 5.82 Å². The summed E-state index contributed by atoms with van der Waals surface area (Å²) in [6.07, 6.45) is 3.29. The molecule has 0 saturated carbocycles. The molecule has 0 bridgehead atoms.